The molecule has 0 spiro atoms. The Kier molecular flexibility index (Phi) is 8.50. The first kappa shape index (κ1) is 30.2. The van der Waals surface area contributed by atoms with Crippen LogP contribution in [0.3, 0.4) is 0 Å². The highest BCUT2D eigenvalue weighted by Crippen LogP contribution is 2.31. The van der Waals surface area contributed by atoms with Crippen LogP contribution in [-0.4, -0.2) is 102 Å². The topological polar surface area (TPSA) is 122 Å². The normalized spacial score (nSPS) is 13.8. The maximum atomic E-state index is 9.39. The molecule has 0 unspecified atom stereocenters. The van der Waals surface area contributed by atoms with Gasteiger partial charge in [0.2, 0.25) is 17.8 Å². The Morgan fingerprint density at radius 3 is 1.60 bits per heavy atom. The van der Waals surface area contributed by atoms with E-state index in [-0.39, 0.29) is 6.61 Å². The molecule has 3 aromatic heterocycles. The number of aryl methyl sites for hydroxylation is 2. The highest BCUT2D eigenvalue weighted by atomic mass is 16.3. The maximum Gasteiger partial charge on any atom is 0.233 e. The highest BCUT2D eigenvalue weighted by molar-refractivity contribution is 5.95. The van der Waals surface area contributed by atoms with E-state index in [2.05, 4.69) is 54.5 Å². The number of aliphatic hydroxyl groups is 1. The first-order valence-corrected chi connectivity index (χ1v) is 15.2. The Morgan fingerprint density at radius 2 is 1.16 bits per heavy atom. The van der Waals surface area contributed by atoms with Gasteiger partial charge in [-0.15, -0.1) is 0 Å². The number of pyridine rings is 2. The number of anilines is 7. The third-order valence-corrected chi connectivity index (χ3v) is 8.00. The van der Waals surface area contributed by atoms with E-state index in [9.17, 15) is 5.11 Å². The fourth-order valence-corrected chi connectivity index (χ4v) is 5.76. The zero-order valence-electron chi connectivity index (χ0n) is 26.8. The van der Waals surface area contributed by atoms with Crippen LogP contribution in [0.15, 0.2) is 48.5 Å². The van der Waals surface area contributed by atoms with Crippen molar-refractivity contribution < 1.29 is 5.11 Å². The number of hydrogen-bond acceptors (Lipinski definition) is 12. The average Bonchev–Trinajstić information content (AvgIpc) is 3.01. The van der Waals surface area contributed by atoms with Crippen LogP contribution in [0, 0.1) is 13.8 Å². The van der Waals surface area contributed by atoms with E-state index in [1.165, 1.54) is 0 Å². The predicted molar refractivity (Wildman–Crippen MR) is 184 cm³/mol. The van der Waals surface area contributed by atoms with E-state index in [0.29, 0.717) is 24.4 Å². The molecule has 0 atom stereocenters. The number of rotatable bonds is 9. The zero-order valence-corrected chi connectivity index (χ0v) is 26.8. The molecule has 3 N–H and O–H groups in total. The minimum Gasteiger partial charge on any atom is -0.395 e. The number of aliphatic hydroxyl groups excluding tert-OH is 1. The molecule has 1 fully saturated rings. The van der Waals surface area contributed by atoms with Crippen LogP contribution in [0.5, 0.6) is 0 Å². The summed E-state index contributed by atoms with van der Waals surface area (Å²) in [5.74, 6) is 1.48. The molecule has 234 valence electrons. The van der Waals surface area contributed by atoms with Gasteiger partial charge in [0, 0.05) is 106 Å². The van der Waals surface area contributed by atoms with Crippen molar-refractivity contribution in [3.8, 4) is 0 Å². The van der Waals surface area contributed by atoms with Gasteiger partial charge in [-0.2, -0.15) is 15.0 Å². The molecule has 5 aromatic rings. The molecule has 1 aliphatic rings. The van der Waals surface area contributed by atoms with Crippen LogP contribution in [0.4, 0.5) is 40.6 Å². The fraction of sp³-hybridized carbons (Fsp3) is 0.364. The monoisotopic (exact) mass is 607 g/mol. The smallest absolute Gasteiger partial charge is 0.233 e. The minimum atomic E-state index is 0.153. The van der Waals surface area contributed by atoms with Crippen molar-refractivity contribution in [3.05, 3.63) is 59.9 Å². The van der Waals surface area contributed by atoms with Gasteiger partial charge in [-0.05, 0) is 62.4 Å². The largest absolute Gasteiger partial charge is 0.395 e. The Bertz CT molecular complexity index is 1720. The Hall–Kier alpha value is -4.81. The summed E-state index contributed by atoms with van der Waals surface area (Å²) in [5, 5.41) is 18.3. The van der Waals surface area contributed by atoms with Gasteiger partial charge in [-0.3, -0.25) is 14.9 Å². The summed E-state index contributed by atoms with van der Waals surface area (Å²) in [6.07, 6.45) is 0. The summed E-state index contributed by atoms with van der Waals surface area (Å²) >= 11 is 0. The maximum absolute atomic E-state index is 9.39. The molecule has 6 rings (SSSR count). The highest BCUT2D eigenvalue weighted by Gasteiger charge is 2.21. The van der Waals surface area contributed by atoms with Gasteiger partial charge in [0.25, 0.3) is 0 Å². The lowest BCUT2D eigenvalue weighted by atomic mass is 10.1. The number of nitrogens with one attached hydrogen (secondary N) is 2. The number of hydrogen-bond donors (Lipinski definition) is 3. The quantitative estimate of drug-likeness (QED) is 0.221. The van der Waals surface area contributed by atoms with Crippen molar-refractivity contribution >= 4 is 62.4 Å². The second kappa shape index (κ2) is 12.7. The molecule has 0 bridgehead atoms. The van der Waals surface area contributed by atoms with Crippen molar-refractivity contribution in [1.82, 2.24) is 29.8 Å². The number of piperazine rings is 1. The summed E-state index contributed by atoms with van der Waals surface area (Å²) in [4.78, 5) is 32.6. The number of aromatic nitrogens is 5. The second-order valence-corrected chi connectivity index (χ2v) is 11.9. The lowest BCUT2D eigenvalue weighted by Crippen LogP contribution is -2.47. The van der Waals surface area contributed by atoms with Gasteiger partial charge >= 0.3 is 0 Å². The van der Waals surface area contributed by atoms with E-state index < -0.39 is 0 Å². The SMILES string of the molecule is Cc1cc(N(C)C)c2cc(Nc3nc(Nc4ccc5nc(C)cc(N(C)C)c5c4)nc(N4CCN(CCO)CC4)n3)ccc2n1. The first-order valence-electron chi connectivity index (χ1n) is 15.2. The number of benzene rings is 2. The van der Waals surface area contributed by atoms with E-state index >= 15 is 0 Å². The van der Waals surface area contributed by atoms with Crippen molar-refractivity contribution in [2.24, 2.45) is 0 Å². The summed E-state index contributed by atoms with van der Waals surface area (Å²) in [6.45, 7) is 8.00. The molecule has 1 aliphatic heterocycles. The lowest BCUT2D eigenvalue weighted by Gasteiger charge is -2.34. The van der Waals surface area contributed by atoms with E-state index in [4.69, 9.17) is 24.9 Å². The third-order valence-electron chi connectivity index (χ3n) is 8.00. The lowest BCUT2D eigenvalue weighted by molar-refractivity contribution is 0.188. The summed E-state index contributed by atoms with van der Waals surface area (Å²) in [7, 11) is 8.15. The Morgan fingerprint density at radius 1 is 0.667 bits per heavy atom. The molecular weight excluding hydrogens is 566 g/mol. The van der Waals surface area contributed by atoms with E-state index in [1.54, 1.807) is 0 Å². The molecule has 0 amide bonds. The molecule has 0 aliphatic carbocycles. The zero-order chi connectivity index (χ0) is 31.7. The van der Waals surface area contributed by atoms with Crippen molar-refractivity contribution in [3.63, 3.8) is 0 Å². The molecule has 4 heterocycles. The molecule has 0 radical (unpaired) electrons. The molecule has 1 saturated heterocycles. The second-order valence-electron chi connectivity index (χ2n) is 11.9. The van der Waals surface area contributed by atoms with Gasteiger partial charge in [0.05, 0.1) is 17.6 Å². The molecule has 45 heavy (non-hydrogen) atoms. The van der Waals surface area contributed by atoms with Gasteiger partial charge in [-0.25, -0.2) is 0 Å². The average molecular weight is 608 g/mol. The molecule has 12 nitrogen and oxygen atoms in total. The molecule has 0 saturated carbocycles. The standard InChI is InChI=1S/C33H41N11O/c1-21-17-29(41(3)4)25-19-23(7-9-27(25)34-21)36-31-38-32(40-33(39-31)44-13-11-43(12-14-44)15-16-45)37-24-8-10-28-26(20-24)30(42(5)6)18-22(2)35-28/h7-10,17-20,45H,11-16H2,1-6H3,(H2,36,37,38,39,40). The van der Waals surface area contributed by atoms with Crippen LogP contribution in [0.25, 0.3) is 21.8 Å². The van der Waals surface area contributed by atoms with Crippen molar-refractivity contribution in [1.29, 1.82) is 0 Å². The number of fused-ring (bicyclic) bond motifs is 2. The molecule has 2 aromatic carbocycles. The van der Waals surface area contributed by atoms with Crippen LogP contribution >= 0.6 is 0 Å². The van der Waals surface area contributed by atoms with Gasteiger partial charge in [-0.1, -0.05) is 0 Å². The van der Waals surface area contributed by atoms with Crippen LogP contribution in [0.1, 0.15) is 11.4 Å². The molecular formula is C33H41N11O. The minimum absolute atomic E-state index is 0.153. The summed E-state index contributed by atoms with van der Waals surface area (Å²) in [5.41, 5.74) is 7.72. The Balaban J connectivity index is 1.36. The van der Waals surface area contributed by atoms with Gasteiger partial charge in [0.1, 0.15) is 0 Å². The van der Waals surface area contributed by atoms with Gasteiger partial charge < -0.3 is 30.4 Å². The number of nitrogens with zero attached hydrogens (tertiary/aromatic N) is 9. The van der Waals surface area contributed by atoms with E-state index in [1.807, 2.05) is 66.3 Å². The molecule has 12 heteroatoms. The third kappa shape index (κ3) is 6.66. The summed E-state index contributed by atoms with van der Waals surface area (Å²) < 4.78 is 0. The summed E-state index contributed by atoms with van der Waals surface area (Å²) in [6, 6.07) is 16.4. The fourth-order valence-electron chi connectivity index (χ4n) is 5.76. The predicted octanol–water partition coefficient (Wildman–Crippen LogP) is 4.32. The van der Waals surface area contributed by atoms with E-state index in [0.717, 1.165) is 82.1 Å². The number of β-amino-alcohol motifs (C(OH)–C–C–N with tert-alkyl or cyclic N) is 1. The van der Waals surface area contributed by atoms with Gasteiger partial charge in [0.15, 0.2) is 0 Å². The Labute approximate surface area is 263 Å². The first-order chi connectivity index (χ1) is 21.7. The van der Waals surface area contributed by atoms with Crippen molar-refractivity contribution in [2.75, 3.05) is 92.9 Å². The van der Waals surface area contributed by atoms with Crippen LogP contribution < -0.4 is 25.3 Å². The van der Waals surface area contributed by atoms with Crippen molar-refractivity contribution in [2.45, 2.75) is 13.8 Å². The van der Waals surface area contributed by atoms with Crippen LogP contribution in [0.2, 0.25) is 0 Å². The van der Waals surface area contributed by atoms with Crippen LogP contribution in [-0.2, 0) is 0 Å².